The lowest BCUT2D eigenvalue weighted by atomic mass is 9.83. The third-order valence-electron chi connectivity index (χ3n) is 5.37. The molecule has 0 unspecified atom stereocenters. The fourth-order valence-electron chi connectivity index (χ4n) is 3.81. The first-order valence-corrected chi connectivity index (χ1v) is 10.4. The highest BCUT2D eigenvalue weighted by molar-refractivity contribution is 5.78. The molecule has 2 aromatic carbocycles. The number of hydrogen-bond donors (Lipinski definition) is 4. The molecule has 6 nitrogen and oxygen atoms in total. The van der Waals surface area contributed by atoms with Gasteiger partial charge < -0.3 is 21.3 Å². The maximum atomic E-state index is 12.5. The van der Waals surface area contributed by atoms with Crippen LogP contribution in [0, 0.1) is 5.92 Å². The van der Waals surface area contributed by atoms with E-state index in [1.54, 1.807) is 0 Å². The fourth-order valence-corrected chi connectivity index (χ4v) is 3.81. The summed E-state index contributed by atoms with van der Waals surface area (Å²) in [5.74, 6) is -0.597. The molecule has 1 aliphatic carbocycles. The molecule has 162 valence electrons. The van der Waals surface area contributed by atoms with E-state index in [9.17, 15) is 9.90 Å². The number of aliphatic hydroxyl groups is 1. The Balaban J connectivity index is 0.000000735. The first-order valence-electron chi connectivity index (χ1n) is 10.4. The zero-order chi connectivity index (χ0) is 21.9. The van der Waals surface area contributed by atoms with Gasteiger partial charge in [0.05, 0.1) is 6.10 Å². The van der Waals surface area contributed by atoms with Gasteiger partial charge >= 0.3 is 0 Å². The molecular formula is C24H32N2O4. The van der Waals surface area contributed by atoms with Crippen LogP contribution < -0.4 is 11.1 Å². The smallest absolute Gasteiger partial charge is 0.300 e. The van der Waals surface area contributed by atoms with E-state index < -0.39 is 12.1 Å². The van der Waals surface area contributed by atoms with E-state index in [0.717, 1.165) is 13.3 Å². The Kier molecular flexibility index (Phi) is 9.51. The molecule has 3 atom stereocenters. The van der Waals surface area contributed by atoms with Crippen LogP contribution in [0.25, 0.3) is 0 Å². The van der Waals surface area contributed by atoms with E-state index >= 15 is 0 Å². The summed E-state index contributed by atoms with van der Waals surface area (Å²) >= 11 is 0. The molecule has 1 amide bonds. The molecule has 0 aliphatic heterocycles. The third kappa shape index (κ3) is 7.61. The lowest BCUT2D eigenvalue weighted by molar-refractivity contribution is -0.134. The lowest BCUT2D eigenvalue weighted by Crippen LogP contribution is -2.45. The Morgan fingerprint density at radius 1 is 1.03 bits per heavy atom. The minimum absolute atomic E-state index is 0.0622. The van der Waals surface area contributed by atoms with Gasteiger partial charge in [-0.1, -0.05) is 60.7 Å². The molecule has 6 heteroatoms. The van der Waals surface area contributed by atoms with E-state index in [1.165, 1.54) is 11.1 Å². The summed E-state index contributed by atoms with van der Waals surface area (Å²) in [6.45, 7) is 1.71. The molecule has 0 radical (unpaired) electrons. The van der Waals surface area contributed by atoms with Crippen LogP contribution in [0.2, 0.25) is 0 Å². The van der Waals surface area contributed by atoms with Crippen molar-refractivity contribution in [1.82, 2.24) is 5.32 Å². The van der Waals surface area contributed by atoms with Gasteiger partial charge in [0, 0.05) is 31.3 Å². The van der Waals surface area contributed by atoms with E-state index in [-0.39, 0.29) is 23.8 Å². The number of amides is 1. The topological polar surface area (TPSA) is 113 Å². The SMILES string of the molecule is CC(=O)O.N[C@@H]1C[C@@H](C(=O)NCCC(c2ccccc2)c2ccccc2)CC[C@H]1O. The first-order chi connectivity index (χ1) is 14.4. The highest BCUT2D eigenvalue weighted by Crippen LogP contribution is 2.28. The van der Waals surface area contributed by atoms with Crippen molar-refractivity contribution in [2.75, 3.05) is 6.54 Å². The minimum Gasteiger partial charge on any atom is -0.481 e. The molecule has 3 rings (SSSR count). The molecule has 1 aliphatic rings. The van der Waals surface area contributed by atoms with Crippen LogP contribution >= 0.6 is 0 Å². The van der Waals surface area contributed by atoms with Gasteiger partial charge in [0.15, 0.2) is 0 Å². The summed E-state index contributed by atoms with van der Waals surface area (Å²) < 4.78 is 0. The van der Waals surface area contributed by atoms with Crippen molar-refractivity contribution in [3.05, 3.63) is 71.8 Å². The van der Waals surface area contributed by atoms with Crippen LogP contribution in [0.3, 0.4) is 0 Å². The van der Waals surface area contributed by atoms with Crippen LogP contribution in [-0.2, 0) is 9.59 Å². The molecule has 0 aromatic heterocycles. The second kappa shape index (κ2) is 12.1. The van der Waals surface area contributed by atoms with Gasteiger partial charge in [0.25, 0.3) is 5.97 Å². The average molecular weight is 413 g/mol. The molecule has 5 N–H and O–H groups in total. The van der Waals surface area contributed by atoms with Crippen molar-refractivity contribution in [3.8, 4) is 0 Å². The van der Waals surface area contributed by atoms with Crippen molar-refractivity contribution < 1.29 is 19.8 Å². The molecular weight excluding hydrogens is 380 g/mol. The first kappa shape index (κ1) is 23.6. The second-order valence-corrected chi connectivity index (χ2v) is 7.71. The molecule has 0 bridgehead atoms. The Morgan fingerprint density at radius 2 is 1.53 bits per heavy atom. The Labute approximate surface area is 178 Å². The number of nitrogens with one attached hydrogen (secondary N) is 1. The summed E-state index contributed by atoms with van der Waals surface area (Å²) in [4.78, 5) is 21.5. The van der Waals surface area contributed by atoms with Gasteiger partial charge in [0.1, 0.15) is 0 Å². The van der Waals surface area contributed by atoms with Crippen LogP contribution in [0.1, 0.15) is 49.7 Å². The number of carbonyl (C=O) groups excluding carboxylic acids is 1. The predicted molar refractivity (Wildman–Crippen MR) is 117 cm³/mol. The summed E-state index contributed by atoms with van der Waals surface area (Å²) in [5.41, 5.74) is 8.43. The predicted octanol–water partition coefficient (Wildman–Crippen LogP) is 2.90. The molecule has 1 saturated carbocycles. The Hall–Kier alpha value is -2.70. The largest absolute Gasteiger partial charge is 0.481 e. The van der Waals surface area contributed by atoms with E-state index in [4.69, 9.17) is 15.6 Å². The number of aliphatic hydroxyl groups excluding tert-OH is 1. The van der Waals surface area contributed by atoms with Crippen molar-refractivity contribution in [2.45, 2.75) is 50.7 Å². The number of hydrogen-bond acceptors (Lipinski definition) is 4. The van der Waals surface area contributed by atoms with Crippen LogP contribution in [0.15, 0.2) is 60.7 Å². The van der Waals surface area contributed by atoms with Crippen molar-refractivity contribution in [3.63, 3.8) is 0 Å². The number of rotatable bonds is 6. The number of carbonyl (C=O) groups is 2. The highest BCUT2D eigenvalue weighted by atomic mass is 16.4. The normalized spacial score (nSPS) is 20.7. The van der Waals surface area contributed by atoms with Gasteiger partial charge in [0.2, 0.25) is 5.91 Å². The summed E-state index contributed by atoms with van der Waals surface area (Å²) in [7, 11) is 0. The number of carboxylic acid groups (broad SMARTS) is 1. The van der Waals surface area contributed by atoms with Gasteiger partial charge in [-0.3, -0.25) is 9.59 Å². The van der Waals surface area contributed by atoms with Crippen molar-refractivity contribution in [1.29, 1.82) is 0 Å². The Bertz CT molecular complexity index is 739. The number of aliphatic carboxylic acids is 1. The van der Waals surface area contributed by atoms with E-state index in [1.807, 2.05) is 12.1 Å². The zero-order valence-corrected chi connectivity index (χ0v) is 17.4. The highest BCUT2D eigenvalue weighted by Gasteiger charge is 2.30. The molecule has 0 heterocycles. The maximum Gasteiger partial charge on any atom is 0.300 e. The summed E-state index contributed by atoms with van der Waals surface area (Å²) in [6.07, 6.45) is 2.26. The maximum absolute atomic E-state index is 12.5. The zero-order valence-electron chi connectivity index (χ0n) is 17.4. The molecule has 2 aromatic rings. The van der Waals surface area contributed by atoms with E-state index in [0.29, 0.717) is 25.8 Å². The second-order valence-electron chi connectivity index (χ2n) is 7.71. The number of carboxylic acids is 1. The third-order valence-corrected chi connectivity index (χ3v) is 5.37. The van der Waals surface area contributed by atoms with Gasteiger partial charge in [-0.05, 0) is 36.8 Å². The molecule has 0 saturated heterocycles. The number of benzene rings is 2. The van der Waals surface area contributed by atoms with Crippen LogP contribution in [0.4, 0.5) is 0 Å². The fraction of sp³-hybridized carbons (Fsp3) is 0.417. The van der Waals surface area contributed by atoms with Crippen LogP contribution in [-0.4, -0.2) is 40.8 Å². The molecule has 1 fully saturated rings. The molecule has 30 heavy (non-hydrogen) atoms. The van der Waals surface area contributed by atoms with Crippen LogP contribution in [0.5, 0.6) is 0 Å². The Morgan fingerprint density at radius 3 is 2.00 bits per heavy atom. The van der Waals surface area contributed by atoms with Crippen molar-refractivity contribution in [2.24, 2.45) is 11.7 Å². The molecule has 0 spiro atoms. The lowest BCUT2D eigenvalue weighted by Gasteiger charge is -2.30. The van der Waals surface area contributed by atoms with Gasteiger partial charge in [-0.15, -0.1) is 0 Å². The minimum atomic E-state index is -0.833. The monoisotopic (exact) mass is 412 g/mol. The van der Waals surface area contributed by atoms with Gasteiger partial charge in [-0.2, -0.15) is 0 Å². The quantitative estimate of drug-likeness (QED) is 0.583. The average Bonchev–Trinajstić information content (AvgIpc) is 2.74. The summed E-state index contributed by atoms with van der Waals surface area (Å²) in [6, 6.07) is 20.5. The van der Waals surface area contributed by atoms with E-state index in [2.05, 4.69) is 53.8 Å². The summed E-state index contributed by atoms with van der Waals surface area (Å²) in [5, 5.41) is 20.2. The standard InChI is InChI=1S/C22H28N2O2.C2H4O2/c23-20-15-18(11-12-21(20)25)22(26)24-14-13-19(16-7-3-1-4-8-16)17-9-5-2-6-10-17;1-2(3)4/h1-10,18-21,25H,11-15,23H2,(H,24,26);1H3,(H,3,4)/t18-,20+,21+;/m0./s1. The van der Waals surface area contributed by atoms with Gasteiger partial charge in [-0.25, -0.2) is 0 Å². The number of nitrogens with two attached hydrogens (primary N) is 1. The van der Waals surface area contributed by atoms with Crippen molar-refractivity contribution >= 4 is 11.9 Å².